The van der Waals surface area contributed by atoms with Crippen LogP contribution in [0, 0.1) is 5.95 Å². The fourth-order valence-corrected chi connectivity index (χ4v) is 2.12. The second-order valence-corrected chi connectivity index (χ2v) is 5.47. The highest BCUT2D eigenvalue weighted by atomic mass is 79.9. The fraction of sp³-hybridized carbons (Fsp3) is 0.200. The lowest BCUT2D eigenvalue weighted by Gasteiger charge is -2.13. The second kappa shape index (κ2) is 6.61. The van der Waals surface area contributed by atoms with Crippen LogP contribution in [0.15, 0.2) is 46.9 Å². The largest absolute Gasteiger partial charge is 0.348 e. The van der Waals surface area contributed by atoms with Crippen molar-refractivity contribution in [2.75, 3.05) is 0 Å². The third-order valence-electron chi connectivity index (χ3n) is 2.78. The number of carbonyl (C=O) groups excluding carboxylic acids is 1. The number of hydrogen-bond acceptors (Lipinski definition) is 2. The summed E-state index contributed by atoms with van der Waals surface area (Å²) in [5, 5.41) is 2.81. The number of hydrogen-bond donors (Lipinski definition) is 1. The molecule has 2 aromatic rings. The normalized spacial score (nSPS) is 11.9. The van der Waals surface area contributed by atoms with Gasteiger partial charge in [0, 0.05) is 10.5 Å². The van der Waals surface area contributed by atoms with E-state index in [0.29, 0.717) is 6.42 Å². The number of amides is 1. The molecule has 104 valence electrons. The van der Waals surface area contributed by atoms with Crippen LogP contribution in [0.1, 0.15) is 23.0 Å². The molecule has 0 saturated heterocycles. The van der Waals surface area contributed by atoms with Gasteiger partial charge in [-0.25, -0.2) is 4.98 Å². The summed E-state index contributed by atoms with van der Waals surface area (Å²) in [6.45, 7) is 1.90. The summed E-state index contributed by atoms with van der Waals surface area (Å²) < 4.78 is 14.0. The highest BCUT2D eigenvalue weighted by Crippen LogP contribution is 2.12. The Balaban J connectivity index is 1.95. The van der Waals surface area contributed by atoms with Crippen LogP contribution in [0.25, 0.3) is 0 Å². The molecule has 0 bridgehead atoms. The van der Waals surface area contributed by atoms with Gasteiger partial charge in [-0.3, -0.25) is 4.79 Å². The minimum atomic E-state index is -0.654. The van der Waals surface area contributed by atoms with Crippen molar-refractivity contribution in [2.24, 2.45) is 0 Å². The zero-order valence-corrected chi connectivity index (χ0v) is 12.5. The van der Waals surface area contributed by atoms with Crippen LogP contribution in [-0.2, 0) is 6.42 Å². The molecule has 3 nitrogen and oxygen atoms in total. The molecule has 1 aromatic heterocycles. The van der Waals surface area contributed by atoms with E-state index in [1.54, 1.807) is 0 Å². The van der Waals surface area contributed by atoms with Gasteiger partial charge < -0.3 is 5.32 Å². The van der Waals surface area contributed by atoms with Gasteiger partial charge in [-0.1, -0.05) is 34.1 Å². The zero-order chi connectivity index (χ0) is 14.5. The van der Waals surface area contributed by atoms with Gasteiger partial charge in [0.15, 0.2) is 0 Å². The van der Waals surface area contributed by atoms with E-state index in [-0.39, 0.29) is 17.6 Å². The lowest BCUT2D eigenvalue weighted by molar-refractivity contribution is 0.0934. The molecule has 0 saturated carbocycles. The maximum absolute atomic E-state index is 13.0. The van der Waals surface area contributed by atoms with Gasteiger partial charge in [0.1, 0.15) is 5.69 Å². The molecule has 0 fully saturated rings. The Morgan fingerprint density at radius 2 is 2.00 bits per heavy atom. The van der Waals surface area contributed by atoms with Crippen LogP contribution >= 0.6 is 15.9 Å². The highest BCUT2D eigenvalue weighted by molar-refractivity contribution is 9.10. The number of aromatic nitrogens is 1. The summed E-state index contributed by atoms with van der Waals surface area (Å²) in [5.74, 6) is -1.02. The Morgan fingerprint density at radius 1 is 1.30 bits per heavy atom. The molecular weight excluding hydrogens is 323 g/mol. The summed E-state index contributed by atoms with van der Waals surface area (Å²) in [5.41, 5.74) is 1.21. The topological polar surface area (TPSA) is 42.0 Å². The molecule has 0 spiro atoms. The van der Waals surface area contributed by atoms with Crippen molar-refractivity contribution in [2.45, 2.75) is 19.4 Å². The molecule has 2 rings (SSSR count). The third-order valence-corrected chi connectivity index (χ3v) is 3.31. The van der Waals surface area contributed by atoms with Gasteiger partial charge in [0.25, 0.3) is 5.91 Å². The first-order valence-electron chi connectivity index (χ1n) is 6.22. The molecule has 0 aliphatic rings. The molecule has 20 heavy (non-hydrogen) atoms. The second-order valence-electron chi connectivity index (χ2n) is 4.55. The summed E-state index contributed by atoms with van der Waals surface area (Å²) in [6, 6.07) is 12.0. The molecule has 1 atom stereocenters. The first-order valence-corrected chi connectivity index (χ1v) is 7.02. The molecule has 1 heterocycles. The highest BCUT2D eigenvalue weighted by Gasteiger charge is 2.12. The van der Waals surface area contributed by atoms with Crippen LogP contribution in [-0.4, -0.2) is 16.9 Å². The van der Waals surface area contributed by atoms with E-state index in [0.717, 1.165) is 10.0 Å². The van der Waals surface area contributed by atoms with Gasteiger partial charge in [-0.2, -0.15) is 4.39 Å². The first kappa shape index (κ1) is 14.7. The van der Waals surface area contributed by atoms with Crippen molar-refractivity contribution in [3.8, 4) is 0 Å². The molecule has 0 radical (unpaired) electrons. The summed E-state index contributed by atoms with van der Waals surface area (Å²) in [6.07, 6.45) is 0.703. The fourth-order valence-electron chi connectivity index (χ4n) is 1.86. The number of rotatable bonds is 4. The molecule has 0 aliphatic carbocycles. The SMILES string of the molecule is CC(Cc1ccc(Br)cc1)NC(=O)c1cccc(F)n1. The van der Waals surface area contributed by atoms with Crippen LogP contribution < -0.4 is 5.32 Å². The molecule has 1 amide bonds. The Hall–Kier alpha value is -1.75. The first-order chi connectivity index (χ1) is 9.54. The van der Waals surface area contributed by atoms with Crippen molar-refractivity contribution in [1.82, 2.24) is 10.3 Å². The van der Waals surface area contributed by atoms with E-state index in [1.807, 2.05) is 31.2 Å². The summed E-state index contributed by atoms with van der Waals surface area (Å²) >= 11 is 3.38. The maximum Gasteiger partial charge on any atom is 0.270 e. The van der Waals surface area contributed by atoms with E-state index in [2.05, 4.69) is 26.2 Å². The van der Waals surface area contributed by atoms with Crippen LogP contribution in [0.5, 0.6) is 0 Å². The number of nitrogens with one attached hydrogen (secondary N) is 1. The van der Waals surface area contributed by atoms with E-state index in [1.165, 1.54) is 18.2 Å². The molecule has 5 heteroatoms. The van der Waals surface area contributed by atoms with Crippen molar-refractivity contribution in [3.63, 3.8) is 0 Å². The standard InChI is InChI=1S/C15H14BrFN2O/c1-10(9-11-5-7-12(16)8-6-11)18-15(20)13-3-2-4-14(17)19-13/h2-8,10H,9H2,1H3,(H,18,20). The van der Waals surface area contributed by atoms with Gasteiger partial charge in [0.2, 0.25) is 5.95 Å². The van der Waals surface area contributed by atoms with Crippen molar-refractivity contribution in [3.05, 3.63) is 64.1 Å². The van der Waals surface area contributed by atoms with Gasteiger partial charge in [-0.05, 0) is 43.2 Å². The van der Waals surface area contributed by atoms with Gasteiger partial charge in [-0.15, -0.1) is 0 Å². The Kier molecular flexibility index (Phi) is 4.84. The minimum Gasteiger partial charge on any atom is -0.348 e. The number of halogens is 2. The van der Waals surface area contributed by atoms with Crippen molar-refractivity contribution < 1.29 is 9.18 Å². The quantitative estimate of drug-likeness (QED) is 0.870. The maximum atomic E-state index is 13.0. The molecule has 1 aromatic carbocycles. The predicted molar refractivity (Wildman–Crippen MR) is 79.0 cm³/mol. The van der Waals surface area contributed by atoms with Crippen LogP contribution in [0.3, 0.4) is 0 Å². The lowest BCUT2D eigenvalue weighted by atomic mass is 10.1. The monoisotopic (exact) mass is 336 g/mol. The average Bonchev–Trinajstić information content (AvgIpc) is 2.41. The van der Waals surface area contributed by atoms with E-state index in [4.69, 9.17) is 0 Å². The van der Waals surface area contributed by atoms with Crippen molar-refractivity contribution in [1.29, 1.82) is 0 Å². The lowest BCUT2D eigenvalue weighted by Crippen LogP contribution is -2.34. The van der Waals surface area contributed by atoms with Gasteiger partial charge in [0.05, 0.1) is 0 Å². The zero-order valence-electron chi connectivity index (χ0n) is 10.9. The van der Waals surface area contributed by atoms with E-state index >= 15 is 0 Å². The minimum absolute atomic E-state index is 0.0613. The smallest absolute Gasteiger partial charge is 0.270 e. The van der Waals surface area contributed by atoms with E-state index < -0.39 is 5.95 Å². The summed E-state index contributed by atoms with van der Waals surface area (Å²) in [4.78, 5) is 15.5. The molecule has 1 N–H and O–H groups in total. The Morgan fingerprint density at radius 3 is 2.65 bits per heavy atom. The third kappa shape index (κ3) is 4.13. The van der Waals surface area contributed by atoms with Crippen LogP contribution in [0.2, 0.25) is 0 Å². The van der Waals surface area contributed by atoms with Crippen molar-refractivity contribution >= 4 is 21.8 Å². The molecule has 0 aliphatic heterocycles. The number of benzene rings is 1. The predicted octanol–water partition coefficient (Wildman–Crippen LogP) is 3.34. The number of pyridine rings is 1. The van der Waals surface area contributed by atoms with E-state index in [9.17, 15) is 9.18 Å². The average molecular weight is 337 g/mol. The molecule has 1 unspecified atom stereocenters. The Labute approximate surface area is 125 Å². The summed E-state index contributed by atoms with van der Waals surface area (Å²) in [7, 11) is 0. The van der Waals surface area contributed by atoms with Crippen LogP contribution in [0.4, 0.5) is 4.39 Å². The Bertz CT molecular complexity index is 601. The van der Waals surface area contributed by atoms with Gasteiger partial charge >= 0.3 is 0 Å². The number of carbonyl (C=O) groups is 1. The number of nitrogens with zero attached hydrogens (tertiary/aromatic N) is 1. The molecular formula is C15H14BrFN2O.